The van der Waals surface area contributed by atoms with Crippen molar-refractivity contribution in [2.75, 3.05) is 5.73 Å². The third-order valence-electron chi connectivity index (χ3n) is 3.54. The van der Waals surface area contributed by atoms with Gasteiger partial charge in [0.05, 0.1) is 5.69 Å². The Morgan fingerprint density at radius 1 is 1.12 bits per heavy atom. The van der Waals surface area contributed by atoms with Crippen LogP contribution < -0.4 is 5.73 Å². The van der Waals surface area contributed by atoms with E-state index in [0.717, 1.165) is 17.3 Å². The Morgan fingerprint density at radius 3 is 2.71 bits per heavy atom. The number of benzene rings is 1. The van der Waals surface area contributed by atoms with Gasteiger partial charge >= 0.3 is 0 Å². The van der Waals surface area contributed by atoms with Gasteiger partial charge in [0, 0.05) is 17.4 Å². The molecule has 0 saturated heterocycles. The van der Waals surface area contributed by atoms with Gasteiger partial charge in [-0.25, -0.2) is 0 Å². The Kier molecular flexibility index (Phi) is 2.56. The molecule has 0 aliphatic heterocycles. The molecular weight excluding hydrogens is 208 g/mol. The van der Waals surface area contributed by atoms with Gasteiger partial charge in [0.1, 0.15) is 0 Å². The first-order chi connectivity index (χ1) is 8.33. The first-order valence-electron chi connectivity index (χ1n) is 6.15. The quantitative estimate of drug-likeness (QED) is 0.846. The van der Waals surface area contributed by atoms with Crippen LogP contribution in [0.2, 0.25) is 0 Å². The summed E-state index contributed by atoms with van der Waals surface area (Å²) in [5.41, 5.74) is 10.1. The Balaban J connectivity index is 1.97. The lowest BCUT2D eigenvalue weighted by atomic mass is 9.79. The molecule has 1 aliphatic rings. The highest BCUT2D eigenvalue weighted by atomic mass is 14.7. The molecule has 2 aromatic rings. The molecule has 0 unspecified atom stereocenters. The van der Waals surface area contributed by atoms with Gasteiger partial charge in [0.15, 0.2) is 0 Å². The average molecular weight is 224 g/mol. The maximum atomic E-state index is 5.79. The van der Waals surface area contributed by atoms with Gasteiger partial charge in [-0.3, -0.25) is 4.98 Å². The molecule has 1 aliphatic carbocycles. The van der Waals surface area contributed by atoms with E-state index in [4.69, 9.17) is 5.73 Å². The number of pyridine rings is 1. The molecule has 2 nitrogen and oxygen atoms in total. The largest absolute Gasteiger partial charge is 0.399 e. The fourth-order valence-corrected chi connectivity index (χ4v) is 2.30. The van der Waals surface area contributed by atoms with E-state index in [1.54, 1.807) is 6.20 Å². The van der Waals surface area contributed by atoms with Crippen molar-refractivity contribution in [2.24, 2.45) is 0 Å². The lowest BCUT2D eigenvalue weighted by molar-refractivity contribution is 0.420. The molecule has 86 valence electrons. The number of aromatic nitrogens is 1. The number of anilines is 1. The van der Waals surface area contributed by atoms with Gasteiger partial charge in [0.25, 0.3) is 0 Å². The van der Waals surface area contributed by atoms with Gasteiger partial charge < -0.3 is 5.73 Å². The van der Waals surface area contributed by atoms with Crippen LogP contribution >= 0.6 is 0 Å². The minimum Gasteiger partial charge on any atom is -0.399 e. The Bertz CT molecular complexity index is 530. The van der Waals surface area contributed by atoms with E-state index in [-0.39, 0.29) is 0 Å². The van der Waals surface area contributed by atoms with E-state index in [1.165, 1.54) is 30.4 Å². The summed E-state index contributed by atoms with van der Waals surface area (Å²) in [7, 11) is 0. The molecule has 1 aromatic carbocycles. The summed E-state index contributed by atoms with van der Waals surface area (Å²) < 4.78 is 0. The maximum Gasteiger partial charge on any atom is 0.0722 e. The van der Waals surface area contributed by atoms with Crippen LogP contribution in [0, 0.1) is 0 Å². The number of nitrogens with two attached hydrogens (primary N) is 1. The zero-order chi connectivity index (χ0) is 11.7. The zero-order valence-electron chi connectivity index (χ0n) is 9.76. The lowest BCUT2D eigenvalue weighted by Crippen LogP contribution is -2.08. The predicted molar refractivity (Wildman–Crippen MR) is 70.7 cm³/mol. The molecule has 17 heavy (non-hydrogen) atoms. The monoisotopic (exact) mass is 224 g/mol. The van der Waals surface area contributed by atoms with Gasteiger partial charge in [-0.15, -0.1) is 0 Å². The van der Waals surface area contributed by atoms with Crippen LogP contribution in [-0.2, 0) is 0 Å². The standard InChI is InChI=1S/C15H16N2/c16-14-7-8-17-15(10-14)13-6-2-5-12(9-13)11-3-1-4-11/h2,5-11H,1,3-4H2,(H2,16,17). The van der Waals surface area contributed by atoms with Crippen LogP contribution in [0.5, 0.6) is 0 Å². The first kappa shape index (κ1) is 10.3. The van der Waals surface area contributed by atoms with Crippen LogP contribution in [0.25, 0.3) is 11.3 Å². The van der Waals surface area contributed by atoms with Gasteiger partial charge in [-0.2, -0.15) is 0 Å². The molecule has 1 aromatic heterocycles. The highest BCUT2D eigenvalue weighted by Gasteiger charge is 2.19. The SMILES string of the molecule is Nc1ccnc(-c2cccc(C3CCC3)c2)c1. The lowest BCUT2D eigenvalue weighted by Gasteiger charge is -2.26. The van der Waals surface area contributed by atoms with Gasteiger partial charge in [-0.05, 0) is 42.5 Å². The topological polar surface area (TPSA) is 38.9 Å². The summed E-state index contributed by atoms with van der Waals surface area (Å²) in [6, 6.07) is 12.4. The van der Waals surface area contributed by atoms with E-state index in [1.807, 2.05) is 12.1 Å². The van der Waals surface area contributed by atoms with Crippen molar-refractivity contribution in [3.63, 3.8) is 0 Å². The Morgan fingerprint density at radius 2 is 2.00 bits per heavy atom. The summed E-state index contributed by atoms with van der Waals surface area (Å²) in [5, 5.41) is 0. The molecule has 1 fully saturated rings. The molecule has 0 spiro atoms. The highest BCUT2D eigenvalue weighted by Crippen LogP contribution is 2.37. The zero-order valence-corrected chi connectivity index (χ0v) is 9.76. The molecule has 0 bridgehead atoms. The van der Waals surface area contributed by atoms with E-state index >= 15 is 0 Å². The number of nitrogen functional groups attached to an aromatic ring is 1. The highest BCUT2D eigenvalue weighted by molar-refractivity contribution is 5.63. The van der Waals surface area contributed by atoms with Crippen molar-refractivity contribution >= 4 is 5.69 Å². The minimum atomic E-state index is 0.760. The fourth-order valence-electron chi connectivity index (χ4n) is 2.30. The molecule has 0 atom stereocenters. The minimum absolute atomic E-state index is 0.760. The number of nitrogens with zero attached hydrogens (tertiary/aromatic N) is 1. The second-order valence-electron chi connectivity index (χ2n) is 4.73. The van der Waals surface area contributed by atoms with Crippen LogP contribution in [0.15, 0.2) is 42.6 Å². The normalized spacial score (nSPS) is 15.5. The molecular formula is C15H16N2. The van der Waals surface area contributed by atoms with Crippen LogP contribution in [0.3, 0.4) is 0 Å². The molecule has 1 saturated carbocycles. The second kappa shape index (κ2) is 4.21. The van der Waals surface area contributed by atoms with E-state index in [0.29, 0.717) is 0 Å². The van der Waals surface area contributed by atoms with Crippen LogP contribution in [0.4, 0.5) is 5.69 Å². The average Bonchev–Trinajstić information content (AvgIpc) is 2.27. The third-order valence-corrected chi connectivity index (χ3v) is 3.54. The number of hydrogen-bond acceptors (Lipinski definition) is 2. The third kappa shape index (κ3) is 2.03. The smallest absolute Gasteiger partial charge is 0.0722 e. The molecule has 3 rings (SSSR count). The molecule has 2 N–H and O–H groups in total. The second-order valence-corrected chi connectivity index (χ2v) is 4.73. The van der Waals surface area contributed by atoms with Crippen molar-refractivity contribution in [3.8, 4) is 11.3 Å². The summed E-state index contributed by atoms with van der Waals surface area (Å²) in [5.74, 6) is 0.760. The summed E-state index contributed by atoms with van der Waals surface area (Å²) in [4.78, 5) is 4.37. The fraction of sp³-hybridized carbons (Fsp3) is 0.267. The molecule has 1 heterocycles. The first-order valence-corrected chi connectivity index (χ1v) is 6.15. The number of hydrogen-bond donors (Lipinski definition) is 1. The summed E-state index contributed by atoms with van der Waals surface area (Å²) in [6.07, 6.45) is 5.79. The summed E-state index contributed by atoms with van der Waals surface area (Å²) >= 11 is 0. The van der Waals surface area contributed by atoms with E-state index in [9.17, 15) is 0 Å². The van der Waals surface area contributed by atoms with E-state index in [2.05, 4.69) is 29.2 Å². The molecule has 0 amide bonds. The Hall–Kier alpha value is -1.83. The Labute approximate surface area is 102 Å². The molecule has 0 radical (unpaired) electrons. The van der Waals surface area contributed by atoms with Crippen molar-refractivity contribution in [3.05, 3.63) is 48.2 Å². The predicted octanol–water partition coefficient (Wildman–Crippen LogP) is 3.60. The number of rotatable bonds is 2. The maximum absolute atomic E-state index is 5.79. The van der Waals surface area contributed by atoms with Crippen molar-refractivity contribution < 1.29 is 0 Å². The van der Waals surface area contributed by atoms with Crippen molar-refractivity contribution in [1.29, 1.82) is 0 Å². The van der Waals surface area contributed by atoms with Crippen LogP contribution in [-0.4, -0.2) is 4.98 Å². The summed E-state index contributed by atoms with van der Waals surface area (Å²) in [6.45, 7) is 0. The van der Waals surface area contributed by atoms with Gasteiger partial charge in [-0.1, -0.05) is 24.6 Å². The molecule has 2 heteroatoms. The van der Waals surface area contributed by atoms with Crippen molar-refractivity contribution in [2.45, 2.75) is 25.2 Å². The van der Waals surface area contributed by atoms with E-state index < -0.39 is 0 Å². The van der Waals surface area contributed by atoms with Gasteiger partial charge in [0.2, 0.25) is 0 Å². The van der Waals surface area contributed by atoms with Crippen molar-refractivity contribution in [1.82, 2.24) is 4.98 Å². The van der Waals surface area contributed by atoms with Crippen LogP contribution in [0.1, 0.15) is 30.7 Å².